The highest BCUT2D eigenvalue weighted by atomic mass is 16.4. The van der Waals surface area contributed by atoms with Gasteiger partial charge in [-0.15, -0.1) is 0 Å². The van der Waals surface area contributed by atoms with Crippen molar-refractivity contribution < 1.29 is 4.42 Å². The highest BCUT2D eigenvalue weighted by molar-refractivity contribution is 5.10. The Bertz CT molecular complexity index is 374. The molecule has 2 aliphatic rings. The zero-order valence-corrected chi connectivity index (χ0v) is 10.6. The first-order chi connectivity index (χ1) is 8.36. The van der Waals surface area contributed by atoms with Crippen molar-refractivity contribution in [3.8, 4) is 0 Å². The molecule has 3 heteroatoms. The van der Waals surface area contributed by atoms with Crippen molar-refractivity contribution in [3.05, 3.63) is 17.8 Å². The first kappa shape index (κ1) is 11.3. The van der Waals surface area contributed by atoms with E-state index in [1.807, 2.05) is 13.2 Å². The third-order valence-corrected chi connectivity index (χ3v) is 4.49. The van der Waals surface area contributed by atoms with Crippen molar-refractivity contribution in [2.45, 2.75) is 44.4 Å². The van der Waals surface area contributed by atoms with E-state index < -0.39 is 0 Å². The van der Waals surface area contributed by atoms with Crippen molar-refractivity contribution in [2.24, 2.45) is 11.8 Å². The highest BCUT2D eigenvalue weighted by Gasteiger charge is 2.41. The second-order valence-electron chi connectivity index (χ2n) is 5.64. The van der Waals surface area contributed by atoms with Crippen LogP contribution in [0, 0.1) is 11.8 Å². The van der Waals surface area contributed by atoms with Crippen molar-refractivity contribution in [2.75, 3.05) is 13.6 Å². The molecule has 2 bridgehead atoms. The molecule has 1 heterocycles. The summed E-state index contributed by atoms with van der Waals surface area (Å²) in [6, 6.07) is 0. The van der Waals surface area contributed by atoms with E-state index in [-0.39, 0.29) is 0 Å². The molecule has 0 radical (unpaired) electrons. The summed E-state index contributed by atoms with van der Waals surface area (Å²) in [5, 5.41) is 3.15. The van der Waals surface area contributed by atoms with Gasteiger partial charge in [0.2, 0.25) is 0 Å². The van der Waals surface area contributed by atoms with Crippen LogP contribution in [0.4, 0.5) is 0 Å². The first-order valence-electron chi connectivity index (χ1n) is 6.96. The summed E-state index contributed by atoms with van der Waals surface area (Å²) in [7, 11) is 1.98. The Morgan fingerprint density at radius 3 is 3.06 bits per heavy atom. The zero-order valence-electron chi connectivity index (χ0n) is 10.6. The predicted molar refractivity (Wildman–Crippen MR) is 66.9 cm³/mol. The summed E-state index contributed by atoms with van der Waals surface area (Å²) >= 11 is 0. The third kappa shape index (κ3) is 2.25. The van der Waals surface area contributed by atoms with Crippen LogP contribution in [-0.4, -0.2) is 18.6 Å². The van der Waals surface area contributed by atoms with Gasteiger partial charge in [-0.05, 0) is 51.1 Å². The largest absolute Gasteiger partial charge is 0.445 e. The minimum Gasteiger partial charge on any atom is -0.445 e. The second-order valence-corrected chi connectivity index (χ2v) is 5.64. The summed E-state index contributed by atoms with van der Waals surface area (Å²) in [4.78, 5) is 4.42. The fraction of sp³-hybridized carbons (Fsp3) is 0.786. The van der Waals surface area contributed by atoms with Gasteiger partial charge in [-0.2, -0.15) is 0 Å². The van der Waals surface area contributed by atoms with Crippen LogP contribution in [0.1, 0.15) is 49.7 Å². The van der Waals surface area contributed by atoms with Crippen LogP contribution in [0.15, 0.2) is 10.6 Å². The van der Waals surface area contributed by atoms with Crippen LogP contribution in [0.2, 0.25) is 0 Å². The van der Waals surface area contributed by atoms with E-state index in [1.165, 1.54) is 25.7 Å². The standard InChI is InChI=1S/C14H22N2O/c1-15-6-2-3-14-16-9-13(17-14)12-8-10-4-5-11(12)7-10/h9-12,15H,2-8H2,1H3. The third-order valence-electron chi connectivity index (χ3n) is 4.49. The fourth-order valence-electron chi connectivity index (χ4n) is 3.62. The Hall–Kier alpha value is -0.830. The van der Waals surface area contributed by atoms with E-state index in [0.717, 1.165) is 42.9 Å². The molecule has 17 heavy (non-hydrogen) atoms. The molecule has 3 unspecified atom stereocenters. The van der Waals surface area contributed by atoms with E-state index in [9.17, 15) is 0 Å². The Kier molecular flexibility index (Phi) is 3.19. The summed E-state index contributed by atoms with van der Waals surface area (Å²) in [6.45, 7) is 1.03. The van der Waals surface area contributed by atoms with E-state index in [1.54, 1.807) is 0 Å². The molecular formula is C14H22N2O. The molecule has 1 aromatic heterocycles. The molecule has 3 rings (SSSR count). The molecule has 2 aliphatic carbocycles. The van der Waals surface area contributed by atoms with Gasteiger partial charge < -0.3 is 9.73 Å². The summed E-state index contributed by atoms with van der Waals surface area (Å²) < 4.78 is 5.93. The van der Waals surface area contributed by atoms with Crippen molar-refractivity contribution >= 4 is 0 Å². The van der Waals surface area contributed by atoms with E-state index in [0.29, 0.717) is 5.92 Å². The Balaban J connectivity index is 1.60. The van der Waals surface area contributed by atoms with Crippen LogP contribution in [-0.2, 0) is 6.42 Å². The molecule has 0 spiro atoms. The quantitative estimate of drug-likeness (QED) is 0.796. The lowest BCUT2D eigenvalue weighted by molar-refractivity contribution is 0.343. The molecule has 3 atom stereocenters. The molecule has 0 saturated heterocycles. The molecule has 2 saturated carbocycles. The molecule has 0 aromatic carbocycles. The normalized spacial score (nSPS) is 31.2. The van der Waals surface area contributed by atoms with Crippen molar-refractivity contribution in [3.63, 3.8) is 0 Å². The number of oxazole rings is 1. The molecule has 1 N–H and O–H groups in total. The van der Waals surface area contributed by atoms with Gasteiger partial charge in [-0.3, -0.25) is 0 Å². The van der Waals surface area contributed by atoms with Gasteiger partial charge in [0.25, 0.3) is 0 Å². The lowest BCUT2D eigenvalue weighted by Gasteiger charge is -2.18. The molecule has 2 fully saturated rings. The maximum atomic E-state index is 5.93. The average Bonchev–Trinajstić information content (AvgIpc) is 3.04. The Labute approximate surface area is 103 Å². The number of rotatable bonds is 5. The fourth-order valence-corrected chi connectivity index (χ4v) is 3.62. The van der Waals surface area contributed by atoms with Gasteiger partial charge in [-0.1, -0.05) is 6.42 Å². The van der Waals surface area contributed by atoms with Crippen LogP contribution >= 0.6 is 0 Å². The second kappa shape index (κ2) is 4.81. The first-order valence-corrected chi connectivity index (χ1v) is 6.96. The maximum Gasteiger partial charge on any atom is 0.194 e. The maximum absolute atomic E-state index is 5.93. The van der Waals surface area contributed by atoms with Gasteiger partial charge >= 0.3 is 0 Å². The van der Waals surface area contributed by atoms with Crippen molar-refractivity contribution in [1.29, 1.82) is 0 Å². The van der Waals surface area contributed by atoms with Crippen LogP contribution in [0.3, 0.4) is 0 Å². The minimum absolute atomic E-state index is 0.680. The molecule has 0 aliphatic heterocycles. The van der Waals surface area contributed by atoms with Gasteiger partial charge in [0, 0.05) is 12.3 Å². The van der Waals surface area contributed by atoms with E-state index in [2.05, 4.69) is 10.3 Å². The lowest BCUT2D eigenvalue weighted by atomic mass is 9.87. The molecule has 0 amide bonds. The molecular weight excluding hydrogens is 212 g/mol. The van der Waals surface area contributed by atoms with E-state index in [4.69, 9.17) is 4.42 Å². The SMILES string of the molecule is CNCCCc1ncc(C2CC3CCC2C3)o1. The Morgan fingerprint density at radius 2 is 2.35 bits per heavy atom. The number of nitrogens with zero attached hydrogens (tertiary/aromatic N) is 1. The number of aryl methyl sites for hydroxylation is 1. The smallest absolute Gasteiger partial charge is 0.194 e. The summed E-state index contributed by atoms with van der Waals surface area (Å²) in [6.07, 6.45) is 9.68. The van der Waals surface area contributed by atoms with Gasteiger partial charge in [0.1, 0.15) is 5.76 Å². The van der Waals surface area contributed by atoms with Gasteiger partial charge in [0.05, 0.1) is 6.20 Å². The van der Waals surface area contributed by atoms with E-state index >= 15 is 0 Å². The summed E-state index contributed by atoms with van der Waals surface area (Å²) in [5.74, 6) is 4.63. The lowest BCUT2D eigenvalue weighted by Crippen LogP contribution is -2.08. The number of fused-ring (bicyclic) bond motifs is 2. The van der Waals surface area contributed by atoms with Crippen molar-refractivity contribution in [1.82, 2.24) is 10.3 Å². The number of hydrogen-bond acceptors (Lipinski definition) is 3. The minimum atomic E-state index is 0.680. The van der Waals surface area contributed by atoms with Crippen LogP contribution in [0.25, 0.3) is 0 Å². The topological polar surface area (TPSA) is 38.1 Å². The number of aromatic nitrogens is 1. The number of nitrogens with one attached hydrogen (secondary N) is 1. The average molecular weight is 234 g/mol. The number of hydrogen-bond donors (Lipinski definition) is 1. The summed E-state index contributed by atoms with van der Waals surface area (Å²) in [5.41, 5.74) is 0. The monoisotopic (exact) mass is 234 g/mol. The molecule has 94 valence electrons. The van der Waals surface area contributed by atoms with Crippen LogP contribution < -0.4 is 5.32 Å². The molecule has 3 nitrogen and oxygen atoms in total. The molecule has 1 aromatic rings. The highest BCUT2D eigenvalue weighted by Crippen LogP contribution is 2.52. The van der Waals surface area contributed by atoms with Gasteiger partial charge in [-0.25, -0.2) is 4.98 Å². The zero-order chi connectivity index (χ0) is 11.7. The van der Waals surface area contributed by atoms with Crippen LogP contribution in [0.5, 0.6) is 0 Å². The predicted octanol–water partition coefficient (Wildman–Crippen LogP) is 2.73. The Morgan fingerprint density at radius 1 is 1.41 bits per heavy atom. The van der Waals surface area contributed by atoms with Gasteiger partial charge in [0.15, 0.2) is 5.89 Å².